The van der Waals surface area contributed by atoms with Gasteiger partial charge in [0.2, 0.25) is 0 Å². The summed E-state index contributed by atoms with van der Waals surface area (Å²) >= 11 is 1.52. The molecule has 1 fully saturated rings. The molecule has 1 atom stereocenters. The molecular weight excluding hydrogens is 224 g/mol. The minimum Gasteiger partial charge on any atom is -0.368 e. The van der Waals surface area contributed by atoms with E-state index in [9.17, 15) is 4.79 Å². The van der Waals surface area contributed by atoms with E-state index in [1.54, 1.807) is 6.20 Å². The molecule has 1 aliphatic heterocycles. The van der Waals surface area contributed by atoms with E-state index >= 15 is 0 Å². The summed E-state index contributed by atoms with van der Waals surface area (Å²) in [5.74, 6) is 0.146. The average Bonchev–Trinajstić information content (AvgIpc) is 2.82. The zero-order chi connectivity index (χ0) is 11.4. The normalized spacial score (nSPS) is 22.2. The van der Waals surface area contributed by atoms with E-state index in [4.69, 9.17) is 4.74 Å². The lowest BCUT2D eigenvalue weighted by molar-refractivity contribution is -0.135. The number of likely N-dealkylation sites (N-methyl/N-ethyl adjacent to an activating group) is 1. The highest BCUT2D eigenvalue weighted by atomic mass is 32.1. The van der Waals surface area contributed by atoms with E-state index in [2.05, 4.69) is 16.8 Å². The fraction of sp³-hybridized carbons (Fsp3) is 0.636. The Morgan fingerprint density at radius 2 is 2.62 bits per heavy atom. The Morgan fingerprint density at radius 3 is 3.31 bits per heavy atom. The van der Waals surface area contributed by atoms with E-state index in [1.165, 1.54) is 11.3 Å². The summed E-state index contributed by atoms with van der Waals surface area (Å²) in [4.78, 5) is 18.3. The van der Waals surface area contributed by atoms with Gasteiger partial charge in [0.05, 0.1) is 18.0 Å². The second-order valence-electron chi connectivity index (χ2n) is 3.82. The van der Waals surface area contributed by atoms with Crippen molar-refractivity contribution in [1.82, 2.24) is 9.88 Å². The molecule has 0 aromatic carbocycles. The summed E-state index contributed by atoms with van der Waals surface area (Å²) in [6, 6.07) is 0. The fourth-order valence-electron chi connectivity index (χ4n) is 1.79. The number of Topliss-reactive ketones (excluding diaryl/α,β-unsaturated/α-hetero) is 1. The van der Waals surface area contributed by atoms with Gasteiger partial charge in [0, 0.05) is 24.7 Å². The summed E-state index contributed by atoms with van der Waals surface area (Å²) in [6.07, 6.45) is 1.87. The Hall–Kier alpha value is -0.780. The van der Waals surface area contributed by atoms with Gasteiger partial charge in [-0.05, 0) is 6.54 Å². The molecule has 1 aliphatic rings. The van der Waals surface area contributed by atoms with E-state index in [-0.39, 0.29) is 11.9 Å². The summed E-state index contributed by atoms with van der Waals surface area (Å²) in [5.41, 5.74) is 0. The molecule has 88 valence electrons. The molecular formula is C11H16N2O2S. The fourth-order valence-corrected chi connectivity index (χ4v) is 2.41. The molecule has 0 aliphatic carbocycles. The van der Waals surface area contributed by atoms with Crippen molar-refractivity contribution >= 4 is 17.1 Å². The standard InChI is InChI=1S/C11H16N2O2S/c1-2-13-4-5-15-10(8-13)9(14)7-11-12-3-6-16-11/h3,6,10H,2,4-5,7-8H2,1H3. The van der Waals surface area contributed by atoms with Gasteiger partial charge in [-0.25, -0.2) is 4.98 Å². The van der Waals surface area contributed by atoms with Crippen molar-refractivity contribution < 1.29 is 9.53 Å². The van der Waals surface area contributed by atoms with Crippen LogP contribution in [0.15, 0.2) is 11.6 Å². The van der Waals surface area contributed by atoms with Gasteiger partial charge in [0.1, 0.15) is 6.10 Å². The average molecular weight is 240 g/mol. The quantitative estimate of drug-likeness (QED) is 0.786. The molecule has 1 aromatic heterocycles. The van der Waals surface area contributed by atoms with Crippen LogP contribution in [0.5, 0.6) is 0 Å². The molecule has 16 heavy (non-hydrogen) atoms. The molecule has 0 saturated carbocycles. The molecule has 0 N–H and O–H groups in total. The molecule has 5 heteroatoms. The number of thiazole rings is 1. The van der Waals surface area contributed by atoms with Gasteiger partial charge in [0.25, 0.3) is 0 Å². The highest BCUT2D eigenvalue weighted by molar-refractivity contribution is 7.09. The van der Waals surface area contributed by atoms with Crippen molar-refractivity contribution in [3.8, 4) is 0 Å². The molecule has 1 saturated heterocycles. The number of carbonyl (C=O) groups is 1. The third kappa shape index (κ3) is 2.87. The van der Waals surface area contributed by atoms with Crippen molar-refractivity contribution in [3.63, 3.8) is 0 Å². The third-order valence-electron chi connectivity index (χ3n) is 2.77. The van der Waals surface area contributed by atoms with Gasteiger partial charge in [-0.3, -0.25) is 9.69 Å². The molecule has 1 unspecified atom stereocenters. The van der Waals surface area contributed by atoms with E-state index in [0.717, 1.165) is 24.6 Å². The van der Waals surface area contributed by atoms with Crippen LogP contribution in [0.25, 0.3) is 0 Å². The Kier molecular flexibility index (Phi) is 4.04. The van der Waals surface area contributed by atoms with Crippen molar-refractivity contribution in [2.45, 2.75) is 19.4 Å². The maximum absolute atomic E-state index is 11.9. The Labute approximate surface area is 99.2 Å². The van der Waals surface area contributed by atoms with Gasteiger partial charge >= 0.3 is 0 Å². The first-order chi connectivity index (χ1) is 7.79. The predicted octanol–water partition coefficient (Wildman–Crippen LogP) is 0.975. The van der Waals surface area contributed by atoms with E-state index < -0.39 is 0 Å². The lowest BCUT2D eigenvalue weighted by Gasteiger charge is -2.31. The van der Waals surface area contributed by atoms with Crippen LogP contribution < -0.4 is 0 Å². The number of hydrogen-bond donors (Lipinski definition) is 0. The van der Waals surface area contributed by atoms with E-state index in [0.29, 0.717) is 13.0 Å². The molecule has 0 bridgehead atoms. The van der Waals surface area contributed by atoms with Gasteiger partial charge in [-0.2, -0.15) is 0 Å². The maximum Gasteiger partial charge on any atom is 0.169 e. The van der Waals surface area contributed by atoms with Gasteiger partial charge in [0.15, 0.2) is 5.78 Å². The SMILES string of the molecule is CCN1CCOC(C(=O)Cc2nccs2)C1. The predicted molar refractivity (Wildman–Crippen MR) is 62.7 cm³/mol. The number of aromatic nitrogens is 1. The van der Waals surface area contributed by atoms with Crippen molar-refractivity contribution in [2.75, 3.05) is 26.2 Å². The summed E-state index contributed by atoms with van der Waals surface area (Å²) in [7, 11) is 0. The smallest absolute Gasteiger partial charge is 0.169 e. The Bertz CT molecular complexity index is 340. The zero-order valence-electron chi connectivity index (χ0n) is 9.39. The number of carbonyl (C=O) groups excluding carboxylic acids is 1. The Morgan fingerprint density at radius 1 is 1.75 bits per heavy atom. The first-order valence-electron chi connectivity index (χ1n) is 5.54. The van der Waals surface area contributed by atoms with Crippen LogP contribution in [-0.2, 0) is 16.0 Å². The number of rotatable bonds is 4. The summed E-state index contributed by atoms with van der Waals surface area (Å²) < 4.78 is 5.51. The number of ketones is 1. The molecule has 2 heterocycles. The Balaban J connectivity index is 1.89. The molecule has 1 aromatic rings. The highest BCUT2D eigenvalue weighted by Crippen LogP contribution is 2.11. The maximum atomic E-state index is 11.9. The van der Waals surface area contributed by atoms with Crippen LogP contribution in [0.1, 0.15) is 11.9 Å². The van der Waals surface area contributed by atoms with Crippen LogP contribution in [-0.4, -0.2) is 48.0 Å². The molecule has 0 radical (unpaired) electrons. The minimum atomic E-state index is -0.266. The van der Waals surface area contributed by atoms with E-state index in [1.807, 2.05) is 5.38 Å². The van der Waals surface area contributed by atoms with Crippen LogP contribution in [0.4, 0.5) is 0 Å². The van der Waals surface area contributed by atoms with Crippen molar-refractivity contribution in [3.05, 3.63) is 16.6 Å². The second kappa shape index (κ2) is 5.52. The third-order valence-corrected chi connectivity index (χ3v) is 3.55. The largest absolute Gasteiger partial charge is 0.368 e. The number of ether oxygens (including phenoxy) is 1. The highest BCUT2D eigenvalue weighted by Gasteiger charge is 2.26. The van der Waals surface area contributed by atoms with Crippen molar-refractivity contribution in [2.24, 2.45) is 0 Å². The number of nitrogens with zero attached hydrogens (tertiary/aromatic N) is 2. The van der Waals surface area contributed by atoms with Crippen LogP contribution >= 0.6 is 11.3 Å². The zero-order valence-corrected chi connectivity index (χ0v) is 10.2. The first kappa shape index (κ1) is 11.7. The number of hydrogen-bond acceptors (Lipinski definition) is 5. The molecule has 0 amide bonds. The number of morpholine rings is 1. The van der Waals surface area contributed by atoms with Gasteiger partial charge in [-0.15, -0.1) is 11.3 Å². The van der Waals surface area contributed by atoms with Crippen LogP contribution in [0.2, 0.25) is 0 Å². The lowest BCUT2D eigenvalue weighted by Crippen LogP contribution is -2.46. The minimum absolute atomic E-state index is 0.146. The topological polar surface area (TPSA) is 42.4 Å². The monoisotopic (exact) mass is 240 g/mol. The van der Waals surface area contributed by atoms with Gasteiger partial charge in [-0.1, -0.05) is 6.92 Å². The summed E-state index contributed by atoms with van der Waals surface area (Å²) in [6.45, 7) is 5.39. The second-order valence-corrected chi connectivity index (χ2v) is 4.80. The summed E-state index contributed by atoms with van der Waals surface area (Å²) in [5, 5.41) is 2.77. The van der Waals surface area contributed by atoms with Crippen LogP contribution in [0.3, 0.4) is 0 Å². The molecule has 0 spiro atoms. The molecule has 4 nitrogen and oxygen atoms in total. The molecule has 2 rings (SSSR count). The van der Waals surface area contributed by atoms with Gasteiger partial charge < -0.3 is 4.74 Å². The van der Waals surface area contributed by atoms with Crippen molar-refractivity contribution in [1.29, 1.82) is 0 Å². The lowest BCUT2D eigenvalue weighted by atomic mass is 10.1. The van der Waals surface area contributed by atoms with Crippen LogP contribution in [0, 0.1) is 0 Å². The first-order valence-corrected chi connectivity index (χ1v) is 6.42.